The Labute approximate surface area is 82.6 Å². The average Bonchev–Trinajstić information content (AvgIpc) is 2.18. The third-order valence-electron chi connectivity index (χ3n) is 2.39. The fourth-order valence-electron chi connectivity index (χ4n) is 1.57. The molecule has 0 unspecified atom stereocenters. The summed E-state index contributed by atoms with van der Waals surface area (Å²) in [5.74, 6) is -1.35. The van der Waals surface area contributed by atoms with Gasteiger partial charge in [0.05, 0.1) is 6.61 Å². The van der Waals surface area contributed by atoms with Crippen molar-refractivity contribution >= 4 is 17.5 Å². The molecule has 0 bridgehead atoms. The van der Waals surface area contributed by atoms with Crippen LogP contribution in [0.2, 0.25) is 0 Å². The molecule has 0 aromatic carbocycles. The highest BCUT2D eigenvalue weighted by atomic mass is 16.5. The highest BCUT2D eigenvalue weighted by Gasteiger charge is 2.29. The maximum absolute atomic E-state index is 11.4. The second-order valence-corrected chi connectivity index (χ2v) is 3.40. The van der Waals surface area contributed by atoms with E-state index in [4.69, 9.17) is 0 Å². The number of hydrogen-bond acceptors (Lipinski definition) is 4. The van der Waals surface area contributed by atoms with Gasteiger partial charge in [0.25, 0.3) is 0 Å². The topological polar surface area (TPSA) is 60.4 Å². The fourth-order valence-corrected chi connectivity index (χ4v) is 1.57. The standard InChI is InChI=1S/C10H14O4/c1-2-14-10(13)9(12)7-3-5-8(11)6-4-7/h7H,2-6H2,1H3. The summed E-state index contributed by atoms with van der Waals surface area (Å²) in [5, 5.41) is 0. The molecule has 0 heterocycles. The molecule has 4 heteroatoms. The van der Waals surface area contributed by atoms with Crippen LogP contribution in [0, 0.1) is 5.92 Å². The molecular weight excluding hydrogens is 184 g/mol. The van der Waals surface area contributed by atoms with Crippen LogP contribution in [0.5, 0.6) is 0 Å². The minimum absolute atomic E-state index is 0.179. The molecular formula is C10H14O4. The minimum atomic E-state index is -0.758. The molecule has 14 heavy (non-hydrogen) atoms. The van der Waals surface area contributed by atoms with Gasteiger partial charge in [-0.3, -0.25) is 9.59 Å². The fraction of sp³-hybridized carbons (Fsp3) is 0.700. The predicted molar refractivity (Wildman–Crippen MR) is 48.6 cm³/mol. The highest BCUT2D eigenvalue weighted by Crippen LogP contribution is 2.22. The number of esters is 1. The van der Waals surface area contributed by atoms with Gasteiger partial charge in [-0.05, 0) is 19.8 Å². The largest absolute Gasteiger partial charge is 0.460 e. The van der Waals surface area contributed by atoms with E-state index >= 15 is 0 Å². The van der Waals surface area contributed by atoms with Crippen LogP contribution < -0.4 is 0 Å². The first-order valence-corrected chi connectivity index (χ1v) is 4.87. The van der Waals surface area contributed by atoms with Gasteiger partial charge in [0.1, 0.15) is 5.78 Å². The van der Waals surface area contributed by atoms with Crippen LogP contribution in [-0.4, -0.2) is 24.1 Å². The summed E-state index contributed by atoms with van der Waals surface area (Å²) in [7, 11) is 0. The van der Waals surface area contributed by atoms with Gasteiger partial charge in [0.2, 0.25) is 5.78 Å². The molecule has 0 radical (unpaired) electrons. The third-order valence-corrected chi connectivity index (χ3v) is 2.39. The van der Waals surface area contributed by atoms with Gasteiger partial charge < -0.3 is 4.74 Å². The summed E-state index contributed by atoms with van der Waals surface area (Å²) in [6.45, 7) is 1.88. The van der Waals surface area contributed by atoms with Crippen molar-refractivity contribution in [3.05, 3.63) is 0 Å². The van der Waals surface area contributed by atoms with Gasteiger partial charge in [0.15, 0.2) is 0 Å². The molecule has 0 atom stereocenters. The number of ketones is 2. The zero-order chi connectivity index (χ0) is 10.6. The summed E-state index contributed by atoms with van der Waals surface area (Å²) in [6, 6.07) is 0. The number of carbonyl (C=O) groups excluding carboxylic acids is 3. The first-order chi connectivity index (χ1) is 6.65. The summed E-state index contributed by atoms with van der Waals surface area (Å²) < 4.78 is 4.61. The van der Waals surface area contributed by atoms with Crippen molar-refractivity contribution in [2.24, 2.45) is 5.92 Å². The lowest BCUT2D eigenvalue weighted by Gasteiger charge is -2.18. The van der Waals surface area contributed by atoms with Crippen LogP contribution in [0.15, 0.2) is 0 Å². The summed E-state index contributed by atoms with van der Waals surface area (Å²) >= 11 is 0. The molecule has 1 fully saturated rings. The van der Waals surface area contributed by atoms with Crippen LogP contribution in [-0.2, 0) is 19.1 Å². The Bertz CT molecular complexity index is 247. The van der Waals surface area contributed by atoms with Gasteiger partial charge in [-0.1, -0.05) is 0 Å². The third kappa shape index (κ3) is 2.65. The van der Waals surface area contributed by atoms with Gasteiger partial charge in [0, 0.05) is 18.8 Å². The highest BCUT2D eigenvalue weighted by molar-refractivity contribution is 6.34. The van der Waals surface area contributed by atoms with E-state index < -0.39 is 11.8 Å². The Hall–Kier alpha value is -1.19. The van der Waals surface area contributed by atoms with E-state index in [2.05, 4.69) is 4.74 Å². The van der Waals surface area contributed by atoms with Crippen molar-refractivity contribution in [1.82, 2.24) is 0 Å². The van der Waals surface area contributed by atoms with Gasteiger partial charge in [-0.2, -0.15) is 0 Å². The SMILES string of the molecule is CCOC(=O)C(=O)C1CCC(=O)CC1. The van der Waals surface area contributed by atoms with Crippen molar-refractivity contribution in [2.75, 3.05) is 6.61 Å². The summed E-state index contributed by atoms with van der Waals surface area (Å²) in [4.78, 5) is 33.4. The molecule has 78 valence electrons. The lowest BCUT2D eigenvalue weighted by atomic mass is 9.85. The Morgan fingerprint density at radius 1 is 1.36 bits per heavy atom. The molecule has 4 nitrogen and oxygen atoms in total. The number of Topliss-reactive ketones (excluding diaryl/α,β-unsaturated/α-hetero) is 2. The van der Waals surface area contributed by atoms with Crippen LogP contribution in [0.4, 0.5) is 0 Å². The van der Waals surface area contributed by atoms with Crippen LogP contribution >= 0.6 is 0 Å². The smallest absolute Gasteiger partial charge is 0.374 e. The van der Waals surface area contributed by atoms with Crippen LogP contribution in [0.25, 0.3) is 0 Å². The van der Waals surface area contributed by atoms with E-state index in [0.29, 0.717) is 25.7 Å². The maximum atomic E-state index is 11.4. The average molecular weight is 198 g/mol. The Kier molecular flexibility index (Phi) is 3.80. The van der Waals surface area contributed by atoms with Gasteiger partial charge >= 0.3 is 5.97 Å². The second kappa shape index (κ2) is 4.88. The molecule has 0 aliphatic heterocycles. The van der Waals surface area contributed by atoms with Crippen molar-refractivity contribution in [1.29, 1.82) is 0 Å². The zero-order valence-corrected chi connectivity index (χ0v) is 8.25. The van der Waals surface area contributed by atoms with Crippen LogP contribution in [0.1, 0.15) is 32.6 Å². The molecule has 0 amide bonds. The van der Waals surface area contributed by atoms with Crippen molar-refractivity contribution in [3.8, 4) is 0 Å². The Balaban J connectivity index is 2.45. The van der Waals surface area contributed by atoms with Crippen molar-refractivity contribution in [2.45, 2.75) is 32.6 Å². The minimum Gasteiger partial charge on any atom is -0.460 e. The molecule has 0 aromatic rings. The molecule has 1 aliphatic carbocycles. The molecule has 0 aromatic heterocycles. The van der Waals surface area contributed by atoms with Crippen molar-refractivity contribution in [3.63, 3.8) is 0 Å². The van der Waals surface area contributed by atoms with E-state index in [1.807, 2.05) is 0 Å². The second-order valence-electron chi connectivity index (χ2n) is 3.40. The lowest BCUT2D eigenvalue weighted by molar-refractivity contribution is -0.156. The van der Waals surface area contributed by atoms with E-state index in [1.165, 1.54) is 0 Å². The summed E-state index contributed by atoms with van der Waals surface area (Å²) in [5.41, 5.74) is 0. The van der Waals surface area contributed by atoms with Gasteiger partial charge in [-0.15, -0.1) is 0 Å². The molecule has 0 spiro atoms. The quantitative estimate of drug-likeness (QED) is 0.499. The van der Waals surface area contributed by atoms with E-state index in [9.17, 15) is 14.4 Å². The number of ether oxygens (including phenoxy) is 1. The first-order valence-electron chi connectivity index (χ1n) is 4.87. The molecule has 1 saturated carbocycles. The Morgan fingerprint density at radius 2 is 1.93 bits per heavy atom. The first kappa shape index (κ1) is 10.9. The monoisotopic (exact) mass is 198 g/mol. The molecule has 0 saturated heterocycles. The van der Waals surface area contributed by atoms with Crippen molar-refractivity contribution < 1.29 is 19.1 Å². The number of rotatable bonds is 3. The Morgan fingerprint density at radius 3 is 2.43 bits per heavy atom. The van der Waals surface area contributed by atoms with E-state index in [1.54, 1.807) is 6.92 Å². The molecule has 1 aliphatic rings. The normalized spacial score (nSPS) is 17.9. The summed E-state index contributed by atoms with van der Waals surface area (Å²) in [6.07, 6.45) is 1.82. The predicted octanol–water partition coefficient (Wildman–Crippen LogP) is 0.878. The van der Waals surface area contributed by atoms with Crippen LogP contribution in [0.3, 0.4) is 0 Å². The van der Waals surface area contributed by atoms with Gasteiger partial charge in [-0.25, -0.2) is 4.79 Å². The zero-order valence-electron chi connectivity index (χ0n) is 8.25. The molecule has 1 rings (SSSR count). The van der Waals surface area contributed by atoms with E-state index in [0.717, 1.165) is 0 Å². The molecule has 0 N–H and O–H groups in total. The van der Waals surface area contributed by atoms with E-state index in [-0.39, 0.29) is 18.3 Å². The lowest BCUT2D eigenvalue weighted by Crippen LogP contribution is -2.29. The maximum Gasteiger partial charge on any atom is 0.374 e. The number of hydrogen-bond donors (Lipinski definition) is 0. The number of carbonyl (C=O) groups is 3.